The lowest BCUT2D eigenvalue weighted by Gasteiger charge is -2.23. The van der Waals surface area contributed by atoms with Crippen LogP contribution in [0.3, 0.4) is 0 Å². The SMILES string of the molecule is CC1(C)c2cccnc2-c2ccc3ccc4ccncc4c3c21. The van der Waals surface area contributed by atoms with E-state index < -0.39 is 0 Å². The van der Waals surface area contributed by atoms with Crippen molar-refractivity contribution in [3.05, 3.63) is 72.2 Å². The summed E-state index contributed by atoms with van der Waals surface area (Å²) < 4.78 is 0. The third kappa shape index (κ3) is 1.53. The van der Waals surface area contributed by atoms with E-state index in [1.54, 1.807) is 0 Å². The van der Waals surface area contributed by atoms with Crippen molar-refractivity contribution in [1.82, 2.24) is 9.97 Å². The van der Waals surface area contributed by atoms with Gasteiger partial charge >= 0.3 is 0 Å². The fourth-order valence-corrected chi connectivity index (χ4v) is 4.09. The van der Waals surface area contributed by atoms with E-state index in [-0.39, 0.29) is 5.41 Å². The van der Waals surface area contributed by atoms with Crippen LogP contribution in [-0.4, -0.2) is 9.97 Å². The Morgan fingerprint density at radius 2 is 1.70 bits per heavy atom. The van der Waals surface area contributed by atoms with Crippen LogP contribution in [0.4, 0.5) is 0 Å². The van der Waals surface area contributed by atoms with Crippen LogP contribution >= 0.6 is 0 Å². The van der Waals surface area contributed by atoms with E-state index in [0.29, 0.717) is 0 Å². The number of hydrogen-bond acceptors (Lipinski definition) is 2. The molecule has 0 aliphatic heterocycles. The number of fused-ring (bicyclic) bond motifs is 7. The van der Waals surface area contributed by atoms with E-state index in [1.165, 1.54) is 38.2 Å². The lowest BCUT2D eigenvalue weighted by Crippen LogP contribution is -2.15. The van der Waals surface area contributed by atoms with Gasteiger partial charge < -0.3 is 0 Å². The molecule has 0 N–H and O–H groups in total. The third-order valence-electron chi connectivity index (χ3n) is 5.17. The van der Waals surface area contributed by atoms with E-state index >= 15 is 0 Å². The molecule has 0 spiro atoms. The van der Waals surface area contributed by atoms with Crippen LogP contribution < -0.4 is 0 Å². The van der Waals surface area contributed by atoms with Crippen LogP contribution in [0.1, 0.15) is 25.0 Å². The number of rotatable bonds is 0. The lowest BCUT2D eigenvalue weighted by atomic mass is 9.79. The van der Waals surface area contributed by atoms with Gasteiger partial charge in [-0.3, -0.25) is 9.97 Å². The van der Waals surface area contributed by atoms with Crippen LogP contribution in [-0.2, 0) is 5.41 Å². The summed E-state index contributed by atoms with van der Waals surface area (Å²) in [6.45, 7) is 4.60. The largest absolute Gasteiger partial charge is 0.264 e. The molecule has 5 rings (SSSR count). The molecule has 1 aliphatic rings. The molecule has 0 radical (unpaired) electrons. The maximum Gasteiger partial charge on any atom is 0.0746 e. The van der Waals surface area contributed by atoms with Gasteiger partial charge in [0.2, 0.25) is 0 Å². The molecule has 23 heavy (non-hydrogen) atoms. The summed E-state index contributed by atoms with van der Waals surface area (Å²) >= 11 is 0. The minimum Gasteiger partial charge on any atom is -0.264 e. The van der Waals surface area contributed by atoms with Crippen molar-refractivity contribution in [3.63, 3.8) is 0 Å². The summed E-state index contributed by atoms with van der Waals surface area (Å²) in [6, 6.07) is 15.2. The third-order valence-corrected chi connectivity index (χ3v) is 5.17. The van der Waals surface area contributed by atoms with E-state index in [2.05, 4.69) is 60.2 Å². The number of hydrogen-bond donors (Lipinski definition) is 0. The van der Waals surface area contributed by atoms with Crippen molar-refractivity contribution < 1.29 is 0 Å². The first kappa shape index (κ1) is 12.8. The minimum atomic E-state index is -0.0530. The smallest absolute Gasteiger partial charge is 0.0746 e. The van der Waals surface area contributed by atoms with Gasteiger partial charge in [-0.1, -0.05) is 44.2 Å². The average molecular weight is 296 g/mol. The molecule has 0 bridgehead atoms. The van der Waals surface area contributed by atoms with Gasteiger partial charge in [-0.05, 0) is 39.4 Å². The van der Waals surface area contributed by atoms with Gasteiger partial charge in [-0.2, -0.15) is 0 Å². The van der Waals surface area contributed by atoms with Crippen molar-refractivity contribution in [2.75, 3.05) is 0 Å². The molecular formula is C21H16N2. The van der Waals surface area contributed by atoms with Gasteiger partial charge in [-0.15, -0.1) is 0 Å². The molecule has 2 aromatic carbocycles. The van der Waals surface area contributed by atoms with Gasteiger partial charge in [0, 0.05) is 35.0 Å². The molecule has 0 saturated carbocycles. The van der Waals surface area contributed by atoms with Gasteiger partial charge in [0.15, 0.2) is 0 Å². The van der Waals surface area contributed by atoms with E-state index in [0.717, 1.165) is 5.69 Å². The highest BCUT2D eigenvalue weighted by Gasteiger charge is 2.37. The van der Waals surface area contributed by atoms with Gasteiger partial charge in [0.1, 0.15) is 0 Å². The first-order chi connectivity index (χ1) is 11.2. The first-order valence-corrected chi connectivity index (χ1v) is 7.94. The van der Waals surface area contributed by atoms with E-state index in [1.807, 2.05) is 24.7 Å². The van der Waals surface area contributed by atoms with Gasteiger partial charge in [-0.25, -0.2) is 0 Å². The molecule has 0 saturated heterocycles. The summed E-state index contributed by atoms with van der Waals surface area (Å²) in [5.74, 6) is 0. The van der Waals surface area contributed by atoms with E-state index in [9.17, 15) is 0 Å². The van der Waals surface area contributed by atoms with Crippen LogP contribution in [0.5, 0.6) is 0 Å². The van der Waals surface area contributed by atoms with Gasteiger partial charge in [0.05, 0.1) is 5.69 Å². The normalized spacial score (nSPS) is 14.9. The Kier molecular flexibility index (Phi) is 2.31. The van der Waals surface area contributed by atoms with Crippen molar-refractivity contribution in [2.24, 2.45) is 0 Å². The molecule has 1 aliphatic carbocycles. The average Bonchev–Trinajstić information content (AvgIpc) is 2.83. The zero-order valence-corrected chi connectivity index (χ0v) is 13.2. The molecule has 2 heteroatoms. The van der Waals surface area contributed by atoms with Crippen molar-refractivity contribution in [1.29, 1.82) is 0 Å². The van der Waals surface area contributed by atoms with Crippen LogP contribution in [0.25, 0.3) is 32.8 Å². The van der Waals surface area contributed by atoms with Crippen molar-refractivity contribution in [2.45, 2.75) is 19.3 Å². The lowest BCUT2D eigenvalue weighted by molar-refractivity contribution is 0.665. The highest BCUT2D eigenvalue weighted by Crippen LogP contribution is 2.51. The molecule has 2 aromatic heterocycles. The minimum absolute atomic E-state index is 0.0530. The monoisotopic (exact) mass is 296 g/mol. The summed E-state index contributed by atoms with van der Waals surface area (Å²) in [7, 11) is 0. The van der Waals surface area contributed by atoms with Crippen LogP contribution in [0, 0.1) is 0 Å². The maximum atomic E-state index is 4.67. The fourth-order valence-electron chi connectivity index (χ4n) is 4.09. The molecule has 0 atom stereocenters. The highest BCUT2D eigenvalue weighted by atomic mass is 14.7. The Labute approximate surface area is 134 Å². The standard InChI is InChI=1S/C21H16N2/c1-21(2)17-4-3-10-23-20(17)15-8-7-14-6-5-13-9-11-22-12-16(13)18(14)19(15)21/h3-12H,1-2H3. The second-order valence-corrected chi connectivity index (χ2v) is 6.77. The molecule has 2 nitrogen and oxygen atoms in total. The second kappa shape index (κ2) is 4.17. The Bertz CT molecular complexity index is 1090. The number of benzene rings is 2. The predicted octanol–water partition coefficient (Wildman–Crippen LogP) is 5.09. The maximum absolute atomic E-state index is 4.67. The quantitative estimate of drug-likeness (QED) is 0.422. The Morgan fingerprint density at radius 1 is 0.870 bits per heavy atom. The highest BCUT2D eigenvalue weighted by molar-refractivity contribution is 6.12. The van der Waals surface area contributed by atoms with Crippen LogP contribution in [0.2, 0.25) is 0 Å². The Hall–Kier alpha value is -2.74. The molecule has 0 fully saturated rings. The predicted molar refractivity (Wildman–Crippen MR) is 94.6 cm³/mol. The van der Waals surface area contributed by atoms with Crippen LogP contribution in [0.15, 0.2) is 61.1 Å². The molecule has 0 unspecified atom stereocenters. The number of aromatic nitrogens is 2. The Balaban J connectivity index is 2.04. The topological polar surface area (TPSA) is 25.8 Å². The van der Waals surface area contributed by atoms with E-state index in [4.69, 9.17) is 0 Å². The van der Waals surface area contributed by atoms with Crippen molar-refractivity contribution >= 4 is 21.5 Å². The molecule has 110 valence electrons. The number of nitrogens with zero attached hydrogens (tertiary/aromatic N) is 2. The molecular weight excluding hydrogens is 280 g/mol. The first-order valence-electron chi connectivity index (χ1n) is 7.94. The molecule has 0 amide bonds. The summed E-state index contributed by atoms with van der Waals surface area (Å²) in [5, 5.41) is 5.05. The fraction of sp³-hybridized carbons (Fsp3) is 0.143. The summed E-state index contributed by atoms with van der Waals surface area (Å²) in [6.07, 6.45) is 5.74. The van der Waals surface area contributed by atoms with Gasteiger partial charge in [0.25, 0.3) is 0 Å². The number of pyridine rings is 2. The van der Waals surface area contributed by atoms with Crippen molar-refractivity contribution in [3.8, 4) is 11.3 Å². The summed E-state index contributed by atoms with van der Waals surface area (Å²) in [4.78, 5) is 9.04. The summed E-state index contributed by atoms with van der Waals surface area (Å²) in [5.41, 5.74) is 5.01. The molecule has 4 aromatic rings. The zero-order chi connectivity index (χ0) is 15.6. The zero-order valence-electron chi connectivity index (χ0n) is 13.2. The Morgan fingerprint density at radius 3 is 2.61 bits per heavy atom. The molecule has 2 heterocycles. The second-order valence-electron chi connectivity index (χ2n) is 6.77.